The number of aliphatic hydroxyl groups excluding tert-OH is 1. The van der Waals surface area contributed by atoms with Gasteiger partial charge in [-0.15, -0.1) is 0 Å². The molecule has 7 heteroatoms. The molecule has 0 spiro atoms. The maximum atomic E-state index is 13.2. The van der Waals surface area contributed by atoms with Crippen molar-refractivity contribution in [1.29, 1.82) is 0 Å². The number of Topliss-reactive ketones (excluding diaryl/α,β-unsaturated/α-hetero) is 1. The number of carbonyl (C=O) groups is 2. The van der Waals surface area contributed by atoms with Gasteiger partial charge in [-0.05, 0) is 73.9 Å². The van der Waals surface area contributed by atoms with Crippen molar-refractivity contribution in [2.45, 2.75) is 33.2 Å². The van der Waals surface area contributed by atoms with E-state index in [9.17, 15) is 14.7 Å². The van der Waals surface area contributed by atoms with Crippen LogP contribution >= 0.6 is 11.6 Å². The van der Waals surface area contributed by atoms with E-state index in [1.54, 1.807) is 55.5 Å². The van der Waals surface area contributed by atoms with E-state index < -0.39 is 17.7 Å². The first-order valence-electron chi connectivity index (χ1n) is 10.7. The number of anilines is 1. The Morgan fingerprint density at radius 2 is 1.94 bits per heavy atom. The molecule has 1 aliphatic heterocycles. The van der Waals surface area contributed by atoms with Crippen LogP contribution in [0.4, 0.5) is 5.69 Å². The lowest BCUT2D eigenvalue weighted by Crippen LogP contribution is -2.30. The number of aryl methyl sites for hydroxylation is 1. The zero-order chi connectivity index (χ0) is 23.7. The molecule has 1 aromatic heterocycles. The normalized spacial score (nSPS) is 17.6. The molecule has 0 radical (unpaired) electrons. The van der Waals surface area contributed by atoms with E-state index in [1.807, 2.05) is 13.8 Å². The van der Waals surface area contributed by atoms with Crippen LogP contribution in [0, 0.1) is 13.8 Å². The van der Waals surface area contributed by atoms with Crippen molar-refractivity contribution in [2.75, 3.05) is 11.5 Å². The summed E-state index contributed by atoms with van der Waals surface area (Å²) in [7, 11) is 0. The maximum Gasteiger partial charge on any atom is 0.300 e. The van der Waals surface area contributed by atoms with Gasteiger partial charge in [-0.2, -0.15) is 0 Å². The fourth-order valence-electron chi connectivity index (χ4n) is 3.98. The molecule has 1 saturated heterocycles. The number of aliphatic hydroxyl groups is 1. The van der Waals surface area contributed by atoms with Crippen molar-refractivity contribution < 1.29 is 23.8 Å². The SMILES string of the molecule is CCCOc1ccc(/C(O)=C2/C(=O)C(=O)N(c3cccc(Cl)c3C)C2c2ccco2)cc1C. The minimum atomic E-state index is -0.937. The number of ketones is 1. The van der Waals surface area contributed by atoms with Crippen LogP contribution in [0.15, 0.2) is 64.8 Å². The summed E-state index contributed by atoms with van der Waals surface area (Å²) in [6.07, 6.45) is 2.33. The van der Waals surface area contributed by atoms with Crippen molar-refractivity contribution in [3.05, 3.63) is 87.8 Å². The Hall–Kier alpha value is -3.51. The molecular weight excluding hydrogens is 442 g/mol. The monoisotopic (exact) mass is 465 g/mol. The maximum absolute atomic E-state index is 13.2. The number of nitrogens with zero attached hydrogens (tertiary/aromatic N) is 1. The summed E-state index contributed by atoms with van der Waals surface area (Å²) in [4.78, 5) is 27.7. The Morgan fingerprint density at radius 3 is 2.61 bits per heavy atom. The minimum absolute atomic E-state index is 0.0454. The van der Waals surface area contributed by atoms with Gasteiger partial charge in [0.05, 0.1) is 18.4 Å². The highest BCUT2D eigenvalue weighted by Crippen LogP contribution is 2.44. The van der Waals surface area contributed by atoms with Crippen molar-refractivity contribution in [3.63, 3.8) is 0 Å². The molecular formula is C26H24ClNO5. The molecule has 6 nitrogen and oxygen atoms in total. The van der Waals surface area contributed by atoms with Gasteiger partial charge in [0.2, 0.25) is 0 Å². The van der Waals surface area contributed by atoms with Gasteiger partial charge in [0.15, 0.2) is 0 Å². The first kappa shape index (κ1) is 22.7. The highest BCUT2D eigenvalue weighted by molar-refractivity contribution is 6.52. The van der Waals surface area contributed by atoms with Gasteiger partial charge in [-0.25, -0.2) is 0 Å². The number of furan rings is 1. The van der Waals surface area contributed by atoms with Crippen molar-refractivity contribution in [3.8, 4) is 5.75 Å². The largest absolute Gasteiger partial charge is 0.507 e. The van der Waals surface area contributed by atoms with Crippen LogP contribution in [0.25, 0.3) is 5.76 Å². The summed E-state index contributed by atoms with van der Waals surface area (Å²) in [6.45, 7) is 6.23. The molecule has 0 bridgehead atoms. The summed E-state index contributed by atoms with van der Waals surface area (Å²) in [5.41, 5.74) is 2.29. The van der Waals surface area contributed by atoms with Crippen LogP contribution in [0.3, 0.4) is 0 Å². The summed E-state index contributed by atoms with van der Waals surface area (Å²) < 4.78 is 11.3. The quantitative estimate of drug-likeness (QED) is 0.276. The van der Waals surface area contributed by atoms with Crippen LogP contribution in [-0.4, -0.2) is 23.4 Å². The Kier molecular flexibility index (Phi) is 6.29. The zero-order valence-corrected chi connectivity index (χ0v) is 19.3. The van der Waals surface area contributed by atoms with Gasteiger partial charge in [0.1, 0.15) is 23.3 Å². The Morgan fingerprint density at radius 1 is 1.15 bits per heavy atom. The van der Waals surface area contributed by atoms with Gasteiger partial charge in [-0.3, -0.25) is 14.5 Å². The third-order valence-corrected chi connectivity index (χ3v) is 6.08. The molecule has 3 aromatic rings. The number of halogens is 1. The van der Waals surface area contributed by atoms with E-state index >= 15 is 0 Å². The Bertz CT molecular complexity index is 1250. The van der Waals surface area contributed by atoms with E-state index in [0.29, 0.717) is 40.0 Å². The summed E-state index contributed by atoms with van der Waals surface area (Å²) >= 11 is 6.29. The smallest absolute Gasteiger partial charge is 0.300 e. The third-order valence-electron chi connectivity index (χ3n) is 5.67. The minimum Gasteiger partial charge on any atom is -0.507 e. The highest BCUT2D eigenvalue weighted by atomic mass is 35.5. The standard InChI is InChI=1S/C26H24ClNO5/c1-4-12-32-20-11-10-17(14-15(20)2)24(29)22-23(21-9-6-13-33-21)28(26(31)25(22)30)19-8-5-7-18(27)16(19)3/h5-11,13-14,23,29H,4,12H2,1-3H3/b24-22-. The number of hydrogen-bond acceptors (Lipinski definition) is 5. The van der Waals surface area contributed by atoms with Crippen LogP contribution < -0.4 is 9.64 Å². The topological polar surface area (TPSA) is 80.0 Å². The molecule has 0 saturated carbocycles. The molecule has 1 N–H and O–H groups in total. The number of carbonyl (C=O) groups excluding carboxylic acids is 2. The Labute approximate surface area is 197 Å². The summed E-state index contributed by atoms with van der Waals surface area (Å²) in [5.74, 6) is -0.775. The first-order chi connectivity index (χ1) is 15.8. The number of hydrogen-bond donors (Lipinski definition) is 1. The van der Waals surface area contributed by atoms with Gasteiger partial charge >= 0.3 is 0 Å². The van der Waals surface area contributed by atoms with Gasteiger partial charge < -0.3 is 14.3 Å². The molecule has 0 aliphatic carbocycles. The van der Waals surface area contributed by atoms with E-state index in [2.05, 4.69) is 0 Å². The van der Waals surface area contributed by atoms with Crippen molar-refractivity contribution in [1.82, 2.24) is 0 Å². The molecule has 33 heavy (non-hydrogen) atoms. The summed E-state index contributed by atoms with van der Waals surface area (Å²) in [5, 5.41) is 11.7. The fourth-order valence-corrected chi connectivity index (χ4v) is 4.15. The second kappa shape index (κ2) is 9.16. The molecule has 1 unspecified atom stereocenters. The molecule has 170 valence electrons. The molecule has 2 aromatic carbocycles. The second-order valence-corrected chi connectivity index (χ2v) is 8.30. The molecule has 1 fully saturated rings. The molecule has 1 atom stereocenters. The highest BCUT2D eigenvalue weighted by Gasteiger charge is 2.48. The average molecular weight is 466 g/mol. The molecule has 2 heterocycles. The number of ether oxygens (including phenoxy) is 1. The number of rotatable bonds is 6. The van der Waals surface area contributed by atoms with Crippen molar-refractivity contribution >= 4 is 34.7 Å². The molecule has 1 amide bonds. The van der Waals surface area contributed by atoms with E-state index in [4.69, 9.17) is 20.8 Å². The summed E-state index contributed by atoms with van der Waals surface area (Å²) in [6, 6.07) is 12.7. The Balaban J connectivity index is 1.87. The van der Waals surface area contributed by atoms with Crippen molar-refractivity contribution in [2.24, 2.45) is 0 Å². The fraction of sp³-hybridized carbons (Fsp3) is 0.231. The van der Waals surface area contributed by atoms with E-state index in [1.165, 1.54) is 11.2 Å². The lowest BCUT2D eigenvalue weighted by atomic mass is 9.98. The lowest BCUT2D eigenvalue weighted by molar-refractivity contribution is -0.132. The van der Waals surface area contributed by atoms with Gasteiger partial charge in [-0.1, -0.05) is 24.6 Å². The average Bonchev–Trinajstić information content (AvgIpc) is 3.42. The lowest BCUT2D eigenvalue weighted by Gasteiger charge is -2.25. The van der Waals surface area contributed by atoms with Crippen LogP contribution in [0.1, 0.15) is 41.8 Å². The van der Waals surface area contributed by atoms with Gasteiger partial charge in [0.25, 0.3) is 11.7 Å². The second-order valence-electron chi connectivity index (χ2n) is 7.90. The van der Waals surface area contributed by atoms with Crippen LogP contribution in [-0.2, 0) is 9.59 Å². The van der Waals surface area contributed by atoms with E-state index in [0.717, 1.165) is 12.0 Å². The van der Waals surface area contributed by atoms with Crippen LogP contribution in [0.2, 0.25) is 5.02 Å². The first-order valence-corrected chi connectivity index (χ1v) is 11.1. The van der Waals surface area contributed by atoms with Gasteiger partial charge in [0, 0.05) is 16.3 Å². The zero-order valence-electron chi connectivity index (χ0n) is 18.6. The molecule has 1 aliphatic rings. The van der Waals surface area contributed by atoms with Crippen LogP contribution in [0.5, 0.6) is 5.75 Å². The number of benzene rings is 2. The third kappa shape index (κ3) is 4.02. The number of amides is 1. The predicted molar refractivity (Wildman–Crippen MR) is 127 cm³/mol. The predicted octanol–water partition coefficient (Wildman–Crippen LogP) is 5.96. The molecule has 4 rings (SSSR count). The van der Waals surface area contributed by atoms with E-state index in [-0.39, 0.29) is 11.3 Å².